The molecule has 0 aliphatic heterocycles. The van der Waals surface area contributed by atoms with E-state index in [0.717, 1.165) is 29.3 Å². The Morgan fingerprint density at radius 1 is 1.28 bits per heavy atom. The molecule has 2 aliphatic carbocycles. The Morgan fingerprint density at radius 3 is 2.94 bits per heavy atom. The first kappa shape index (κ1) is 12.4. The van der Waals surface area contributed by atoms with Crippen LogP contribution in [-0.2, 0) is 0 Å². The van der Waals surface area contributed by atoms with E-state index in [4.69, 9.17) is 0 Å². The molecule has 2 saturated carbocycles. The molecule has 100 valence electrons. The minimum atomic E-state index is 0.677. The van der Waals surface area contributed by atoms with Crippen LogP contribution in [0.2, 0.25) is 0 Å². The first-order valence-corrected chi connectivity index (χ1v) is 8.16. The van der Waals surface area contributed by atoms with Crippen LogP contribution in [0.5, 0.6) is 0 Å². The Bertz CT molecular complexity index is 386. The van der Waals surface area contributed by atoms with E-state index in [2.05, 4.69) is 21.6 Å². The number of nitrogens with one attached hydrogen (secondary N) is 1. The second kappa shape index (κ2) is 5.55. The predicted molar refractivity (Wildman–Crippen MR) is 76.1 cm³/mol. The van der Waals surface area contributed by atoms with Crippen LogP contribution < -0.4 is 5.32 Å². The molecule has 3 nitrogen and oxygen atoms in total. The van der Waals surface area contributed by atoms with E-state index in [1.165, 1.54) is 56.5 Å². The number of nitrogens with zero attached hydrogens (tertiary/aromatic N) is 2. The third kappa shape index (κ3) is 3.22. The minimum Gasteiger partial charge on any atom is -0.360 e. The molecule has 0 radical (unpaired) electrons. The maximum atomic E-state index is 4.57. The highest BCUT2D eigenvalue weighted by atomic mass is 32.1. The molecule has 0 aromatic carbocycles. The Kier molecular flexibility index (Phi) is 3.83. The van der Waals surface area contributed by atoms with Gasteiger partial charge in [0.1, 0.15) is 5.82 Å². The van der Waals surface area contributed by atoms with Gasteiger partial charge in [0.05, 0.1) is 0 Å². The molecule has 0 spiro atoms. The zero-order valence-electron chi connectivity index (χ0n) is 11.2. The molecule has 2 fully saturated rings. The average molecular weight is 265 g/mol. The summed E-state index contributed by atoms with van der Waals surface area (Å²) in [6.45, 7) is 3.46. The van der Waals surface area contributed by atoms with Gasteiger partial charge in [-0.1, -0.05) is 26.2 Å². The summed E-state index contributed by atoms with van der Waals surface area (Å²) in [4.78, 5) is 4.57. The van der Waals surface area contributed by atoms with Gasteiger partial charge in [0.25, 0.3) is 0 Å². The first-order valence-electron chi connectivity index (χ1n) is 7.38. The van der Waals surface area contributed by atoms with Crippen LogP contribution >= 0.6 is 11.5 Å². The van der Waals surface area contributed by atoms with Crippen molar-refractivity contribution in [2.75, 3.05) is 11.9 Å². The van der Waals surface area contributed by atoms with Gasteiger partial charge in [-0.2, -0.15) is 4.37 Å². The number of hydrogen-bond donors (Lipinski definition) is 1. The largest absolute Gasteiger partial charge is 0.360 e. The van der Waals surface area contributed by atoms with Crippen LogP contribution in [-0.4, -0.2) is 15.9 Å². The SMILES string of the molecule is CC1CCCC(CCNc2nc(C3CC3)ns2)C1. The van der Waals surface area contributed by atoms with E-state index in [1.807, 2.05) is 0 Å². The van der Waals surface area contributed by atoms with Gasteiger partial charge in [0.15, 0.2) is 0 Å². The van der Waals surface area contributed by atoms with Gasteiger partial charge in [-0.25, -0.2) is 4.98 Å². The van der Waals surface area contributed by atoms with Crippen molar-refractivity contribution in [2.24, 2.45) is 11.8 Å². The maximum Gasteiger partial charge on any atom is 0.202 e. The van der Waals surface area contributed by atoms with Gasteiger partial charge in [0.2, 0.25) is 5.13 Å². The second-order valence-electron chi connectivity index (χ2n) is 6.09. The number of anilines is 1. The molecule has 0 amide bonds. The van der Waals surface area contributed by atoms with E-state index >= 15 is 0 Å². The summed E-state index contributed by atoms with van der Waals surface area (Å²) in [5.41, 5.74) is 0. The summed E-state index contributed by atoms with van der Waals surface area (Å²) < 4.78 is 4.42. The van der Waals surface area contributed by atoms with Crippen molar-refractivity contribution in [3.05, 3.63) is 5.82 Å². The maximum absolute atomic E-state index is 4.57. The Hall–Kier alpha value is -0.640. The highest BCUT2D eigenvalue weighted by Gasteiger charge is 2.27. The molecule has 2 aliphatic rings. The molecular weight excluding hydrogens is 242 g/mol. The molecule has 4 heteroatoms. The monoisotopic (exact) mass is 265 g/mol. The van der Waals surface area contributed by atoms with Crippen molar-refractivity contribution in [3.63, 3.8) is 0 Å². The normalized spacial score (nSPS) is 28.3. The Morgan fingerprint density at radius 2 is 2.17 bits per heavy atom. The van der Waals surface area contributed by atoms with Crippen molar-refractivity contribution in [2.45, 2.75) is 57.8 Å². The van der Waals surface area contributed by atoms with Crippen molar-refractivity contribution in [1.82, 2.24) is 9.36 Å². The average Bonchev–Trinajstić information content (AvgIpc) is 3.10. The molecule has 1 aromatic heterocycles. The predicted octanol–water partition coefficient (Wildman–Crippen LogP) is 4.04. The molecular formula is C14H23N3S. The molecule has 1 heterocycles. The number of rotatable bonds is 5. The molecule has 0 bridgehead atoms. The lowest BCUT2D eigenvalue weighted by atomic mass is 9.81. The number of aromatic nitrogens is 2. The topological polar surface area (TPSA) is 37.8 Å². The fourth-order valence-electron chi connectivity index (χ4n) is 3.02. The van der Waals surface area contributed by atoms with Gasteiger partial charge in [0, 0.05) is 24.0 Å². The summed E-state index contributed by atoms with van der Waals surface area (Å²) in [6, 6.07) is 0. The van der Waals surface area contributed by atoms with Crippen LogP contribution in [0.3, 0.4) is 0 Å². The van der Waals surface area contributed by atoms with E-state index in [9.17, 15) is 0 Å². The summed E-state index contributed by atoms with van der Waals surface area (Å²) in [5, 5.41) is 4.48. The Labute approximate surface area is 114 Å². The van der Waals surface area contributed by atoms with Crippen molar-refractivity contribution in [3.8, 4) is 0 Å². The van der Waals surface area contributed by atoms with Gasteiger partial charge >= 0.3 is 0 Å². The van der Waals surface area contributed by atoms with Crippen LogP contribution in [0.1, 0.15) is 63.6 Å². The van der Waals surface area contributed by atoms with E-state index < -0.39 is 0 Å². The highest BCUT2D eigenvalue weighted by molar-refractivity contribution is 7.09. The molecule has 0 saturated heterocycles. The van der Waals surface area contributed by atoms with Crippen LogP contribution in [0.15, 0.2) is 0 Å². The van der Waals surface area contributed by atoms with Crippen molar-refractivity contribution < 1.29 is 0 Å². The fourth-order valence-corrected chi connectivity index (χ4v) is 3.69. The van der Waals surface area contributed by atoms with Gasteiger partial charge in [-0.05, 0) is 37.5 Å². The van der Waals surface area contributed by atoms with E-state index in [-0.39, 0.29) is 0 Å². The standard InChI is InChI=1S/C14H23N3S/c1-10-3-2-4-11(9-10)7-8-15-14-16-13(17-18-14)12-5-6-12/h10-12H,2-9H2,1H3,(H,15,16,17). The lowest BCUT2D eigenvalue weighted by Crippen LogP contribution is -2.16. The van der Waals surface area contributed by atoms with Gasteiger partial charge in [-0.15, -0.1) is 0 Å². The fraction of sp³-hybridized carbons (Fsp3) is 0.857. The third-order valence-corrected chi connectivity index (χ3v) is 4.94. The van der Waals surface area contributed by atoms with Gasteiger partial charge in [-0.3, -0.25) is 0 Å². The van der Waals surface area contributed by atoms with Crippen molar-refractivity contribution in [1.29, 1.82) is 0 Å². The quantitative estimate of drug-likeness (QED) is 0.873. The van der Waals surface area contributed by atoms with Crippen molar-refractivity contribution >= 4 is 16.7 Å². The smallest absolute Gasteiger partial charge is 0.202 e. The summed E-state index contributed by atoms with van der Waals surface area (Å²) in [7, 11) is 0. The lowest BCUT2D eigenvalue weighted by Gasteiger charge is -2.26. The first-order chi connectivity index (χ1) is 8.81. The van der Waals surface area contributed by atoms with Crippen LogP contribution in [0.25, 0.3) is 0 Å². The van der Waals surface area contributed by atoms with Crippen LogP contribution in [0.4, 0.5) is 5.13 Å². The third-order valence-electron chi connectivity index (χ3n) is 4.26. The molecule has 18 heavy (non-hydrogen) atoms. The second-order valence-corrected chi connectivity index (χ2v) is 6.84. The minimum absolute atomic E-state index is 0.677. The summed E-state index contributed by atoms with van der Waals surface area (Å²) in [6.07, 6.45) is 9.58. The summed E-state index contributed by atoms with van der Waals surface area (Å²) >= 11 is 1.53. The zero-order valence-corrected chi connectivity index (χ0v) is 12.0. The van der Waals surface area contributed by atoms with E-state index in [1.54, 1.807) is 0 Å². The Balaban J connectivity index is 1.40. The van der Waals surface area contributed by atoms with Gasteiger partial charge < -0.3 is 5.32 Å². The van der Waals surface area contributed by atoms with Crippen LogP contribution in [0, 0.1) is 11.8 Å². The van der Waals surface area contributed by atoms with E-state index in [0.29, 0.717) is 5.92 Å². The molecule has 2 atom stereocenters. The lowest BCUT2D eigenvalue weighted by molar-refractivity contribution is 0.274. The molecule has 2 unspecified atom stereocenters. The number of hydrogen-bond acceptors (Lipinski definition) is 4. The zero-order chi connectivity index (χ0) is 12.4. The molecule has 3 rings (SSSR count). The molecule has 1 aromatic rings. The summed E-state index contributed by atoms with van der Waals surface area (Å²) in [5.74, 6) is 3.62. The molecule has 1 N–H and O–H groups in total. The highest BCUT2D eigenvalue weighted by Crippen LogP contribution is 2.39.